The lowest BCUT2D eigenvalue weighted by molar-refractivity contribution is 0.102. The summed E-state index contributed by atoms with van der Waals surface area (Å²) in [4.78, 5) is 29.2. The first-order valence-corrected chi connectivity index (χ1v) is 8.93. The van der Waals surface area contributed by atoms with Gasteiger partial charge in [-0.15, -0.1) is 0 Å². The first-order chi connectivity index (χ1) is 13.6. The molecule has 6 heteroatoms. The third-order valence-electron chi connectivity index (χ3n) is 4.09. The van der Waals surface area contributed by atoms with Crippen molar-refractivity contribution in [3.63, 3.8) is 0 Å². The Bertz CT molecular complexity index is 1000. The number of amides is 2. The number of para-hydroxylation sites is 3. The lowest BCUT2D eigenvalue weighted by Gasteiger charge is -2.12. The van der Waals surface area contributed by atoms with Crippen LogP contribution in [0.2, 0.25) is 0 Å². The number of benzene rings is 2. The van der Waals surface area contributed by atoms with Crippen LogP contribution in [-0.2, 0) is 0 Å². The monoisotopic (exact) mass is 375 g/mol. The van der Waals surface area contributed by atoms with Crippen LogP contribution >= 0.6 is 0 Å². The first kappa shape index (κ1) is 19.1. The Morgan fingerprint density at radius 3 is 2.11 bits per heavy atom. The van der Waals surface area contributed by atoms with Crippen LogP contribution < -0.4 is 15.4 Å². The Hall–Kier alpha value is -3.67. The van der Waals surface area contributed by atoms with Crippen LogP contribution in [0.1, 0.15) is 33.2 Å². The Balaban J connectivity index is 1.76. The van der Waals surface area contributed by atoms with E-state index in [1.807, 2.05) is 50.2 Å². The van der Waals surface area contributed by atoms with E-state index in [4.69, 9.17) is 4.74 Å². The number of hydrogen-bond donors (Lipinski definition) is 2. The van der Waals surface area contributed by atoms with Crippen molar-refractivity contribution >= 4 is 23.2 Å². The van der Waals surface area contributed by atoms with Gasteiger partial charge in [0.25, 0.3) is 11.8 Å². The SMILES string of the molecule is CCOc1ccccc1NC(=O)c1cncc(C(=O)Nc2ccccc2C)c1. The molecule has 0 bridgehead atoms. The number of aromatic nitrogens is 1. The summed E-state index contributed by atoms with van der Waals surface area (Å²) in [5.41, 5.74) is 2.81. The fourth-order valence-corrected chi connectivity index (χ4v) is 2.64. The average molecular weight is 375 g/mol. The molecular formula is C22H21N3O3. The molecule has 0 saturated carbocycles. The highest BCUT2D eigenvalue weighted by Crippen LogP contribution is 2.24. The minimum Gasteiger partial charge on any atom is -0.492 e. The molecule has 1 heterocycles. The number of hydrogen-bond acceptors (Lipinski definition) is 4. The number of carbonyl (C=O) groups excluding carboxylic acids is 2. The lowest BCUT2D eigenvalue weighted by Crippen LogP contribution is -2.17. The number of pyridine rings is 1. The molecule has 0 saturated heterocycles. The minimum absolute atomic E-state index is 0.281. The van der Waals surface area contributed by atoms with Crippen molar-refractivity contribution in [1.29, 1.82) is 0 Å². The van der Waals surface area contributed by atoms with Gasteiger partial charge in [0.1, 0.15) is 5.75 Å². The number of nitrogens with one attached hydrogen (secondary N) is 2. The molecule has 0 fully saturated rings. The van der Waals surface area contributed by atoms with Crippen molar-refractivity contribution in [3.05, 3.63) is 83.7 Å². The lowest BCUT2D eigenvalue weighted by atomic mass is 10.1. The van der Waals surface area contributed by atoms with Gasteiger partial charge in [0.15, 0.2) is 0 Å². The molecule has 2 aromatic carbocycles. The van der Waals surface area contributed by atoms with Crippen LogP contribution in [0.15, 0.2) is 67.0 Å². The summed E-state index contributed by atoms with van der Waals surface area (Å²) in [6.45, 7) is 4.27. The van der Waals surface area contributed by atoms with Crippen molar-refractivity contribution in [1.82, 2.24) is 4.98 Å². The van der Waals surface area contributed by atoms with Crippen LogP contribution in [0.25, 0.3) is 0 Å². The van der Waals surface area contributed by atoms with Gasteiger partial charge in [0.2, 0.25) is 0 Å². The zero-order valence-electron chi connectivity index (χ0n) is 15.7. The van der Waals surface area contributed by atoms with Crippen LogP contribution in [0.3, 0.4) is 0 Å². The van der Waals surface area contributed by atoms with E-state index in [9.17, 15) is 9.59 Å². The summed E-state index contributed by atoms with van der Waals surface area (Å²) in [7, 11) is 0. The number of aryl methyl sites for hydroxylation is 1. The van der Waals surface area contributed by atoms with Gasteiger partial charge in [0.05, 0.1) is 23.4 Å². The number of rotatable bonds is 6. The Morgan fingerprint density at radius 1 is 0.893 bits per heavy atom. The van der Waals surface area contributed by atoms with Crippen LogP contribution in [0.4, 0.5) is 11.4 Å². The predicted molar refractivity (Wildman–Crippen MR) is 109 cm³/mol. The van der Waals surface area contributed by atoms with Gasteiger partial charge in [-0.3, -0.25) is 14.6 Å². The molecule has 0 radical (unpaired) electrons. The van der Waals surface area contributed by atoms with E-state index in [0.717, 1.165) is 5.56 Å². The summed E-state index contributed by atoms with van der Waals surface area (Å²) in [5.74, 6) is -0.115. The second kappa shape index (κ2) is 8.81. The third kappa shape index (κ3) is 4.54. The normalized spacial score (nSPS) is 10.2. The highest BCUT2D eigenvalue weighted by Gasteiger charge is 2.14. The second-order valence-corrected chi connectivity index (χ2v) is 6.11. The quantitative estimate of drug-likeness (QED) is 0.673. The summed E-state index contributed by atoms with van der Waals surface area (Å²) >= 11 is 0. The Labute approximate surface area is 163 Å². The molecule has 0 aliphatic carbocycles. The molecule has 2 amide bonds. The van der Waals surface area contributed by atoms with Crippen molar-refractivity contribution in [2.75, 3.05) is 17.2 Å². The van der Waals surface area contributed by atoms with Gasteiger partial charge in [-0.1, -0.05) is 30.3 Å². The van der Waals surface area contributed by atoms with E-state index >= 15 is 0 Å². The van der Waals surface area contributed by atoms with E-state index in [0.29, 0.717) is 29.3 Å². The predicted octanol–water partition coefficient (Wildman–Crippen LogP) is 4.29. The Kier molecular flexibility index (Phi) is 6.01. The number of anilines is 2. The first-order valence-electron chi connectivity index (χ1n) is 8.93. The van der Waals surface area contributed by atoms with Gasteiger partial charge in [-0.25, -0.2) is 0 Å². The number of nitrogens with zero attached hydrogens (tertiary/aromatic N) is 1. The molecule has 28 heavy (non-hydrogen) atoms. The van der Waals surface area contributed by atoms with Gasteiger partial charge in [-0.2, -0.15) is 0 Å². The molecule has 142 valence electrons. The fraction of sp³-hybridized carbons (Fsp3) is 0.136. The van der Waals surface area contributed by atoms with E-state index in [1.165, 1.54) is 18.5 Å². The maximum Gasteiger partial charge on any atom is 0.257 e. The van der Waals surface area contributed by atoms with Crippen molar-refractivity contribution in [2.24, 2.45) is 0 Å². The molecule has 6 nitrogen and oxygen atoms in total. The smallest absolute Gasteiger partial charge is 0.257 e. The van der Waals surface area contributed by atoms with Crippen molar-refractivity contribution in [2.45, 2.75) is 13.8 Å². The molecule has 2 N–H and O–H groups in total. The third-order valence-corrected chi connectivity index (χ3v) is 4.09. The van der Waals surface area contributed by atoms with E-state index in [-0.39, 0.29) is 17.4 Å². The molecule has 0 atom stereocenters. The zero-order valence-corrected chi connectivity index (χ0v) is 15.7. The van der Waals surface area contributed by atoms with Crippen molar-refractivity contribution < 1.29 is 14.3 Å². The molecule has 3 rings (SSSR count). The summed E-state index contributed by atoms with van der Waals surface area (Å²) < 4.78 is 5.52. The van der Waals surface area contributed by atoms with Gasteiger partial charge < -0.3 is 15.4 Å². The van der Waals surface area contributed by atoms with Gasteiger partial charge in [0, 0.05) is 18.1 Å². The minimum atomic E-state index is -0.370. The molecule has 0 unspecified atom stereocenters. The maximum absolute atomic E-state index is 12.6. The maximum atomic E-state index is 12.6. The summed E-state index contributed by atoms with van der Waals surface area (Å²) in [6, 6.07) is 16.2. The second-order valence-electron chi connectivity index (χ2n) is 6.11. The summed E-state index contributed by atoms with van der Waals surface area (Å²) in [5, 5.41) is 5.64. The average Bonchev–Trinajstić information content (AvgIpc) is 2.71. The molecule has 1 aromatic heterocycles. The van der Waals surface area contributed by atoms with Crippen LogP contribution in [0.5, 0.6) is 5.75 Å². The number of carbonyl (C=O) groups is 2. The molecule has 0 spiro atoms. The highest BCUT2D eigenvalue weighted by atomic mass is 16.5. The van der Waals surface area contributed by atoms with E-state index in [1.54, 1.807) is 12.1 Å². The van der Waals surface area contributed by atoms with Gasteiger partial charge >= 0.3 is 0 Å². The topological polar surface area (TPSA) is 80.3 Å². The fourth-order valence-electron chi connectivity index (χ4n) is 2.64. The molecule has 0 aliphatic heterocycles. The van der Waals surface area contributed by atoms with Crippen LogP contribution in [-0.4, -0.2) is 23.4 Å². The largest absolute Gasteiger partial charge is 0.492 e. The molecular weight excluding hydrogens is 354 g/mol. The zero-order chi connectivity index (χ0) is 19.9. The van der Waals surface area contributed by atoms with Crippen molar-refractivity contribution in [3.8, 4) is 5.75 Å². The number of ether oxygens (including phenoxy) is 1. The van der Waals surface area contributed by atoms with E-state index < -0.39 is 0 Å². The Morgan fingerprint density at radius 2 is 1.46 bits per heavy atom. The standard InChI is InChI=1S/C22H21N3O3/c1-3-28-20-11-7-6-10-19(20)25-22(27)17-12-16(13-23-14-17)21(26)24-18-9-5-4-8-15(18)2/h4-14H,3H2,1-2H3,(H,24,26)(H,25,27). The van der Waals surface area contributed by atoms with Gasteiger partial charge in [-0.05, 0) is 43.7 Å². The molecule has 0 aliphatic rings. The van der Waals surface area contributed by atoms with E-state index in [2.05, 4.69) is 15.6 Å². The summed E-state index contributed by atoms with van der Waals surface area (Å²) in [6.07, 6.45) is 2.85. The van der Waals surface area contributed by atoms with Crippen LogP contribution in [0, 0.1) is 6.92 Å². The highest BCUT2D eigenvalue weighted by molar-refractivity contribution is 6.08. The molecule has 3 aromatic rings.